The molecule has 1 aliphatic carbocycles. The van der Waals surface area contributed by atoms with Crippen LogP contribution < -0.4 is 5.56 Å². The third-order valence-electron chi connectivity index (χ3n) is 4.34. The van der Waals surface area contributed by atoms with Crippen molar-refractivity contribution < 1.29 is 0 Å². The van der Waals surface area contributed by atoms with Crippen LogP contribution in [0, 0.1) is 5.92 Å². The van der Waals surface area contributed by atoms with Gasteiger partial charge in [0.2, 0.25) is 0 Å². The van der Waals surface area contributed by atoms with Crippen LogP contribution in [0.3, 0.4) is 0 Å². The minimum Gasteiger partial charge on any atom is -0.302 e. The summed E-state index contributed by atoms with van der Waals surface area (Å²) in [6.45, 7) is 4.30. The Morgan fingerprint density at radius 2 is 2.05 bits per heavy atom. The van der Waals surface area contributed by atoms with Crippen molar-refractivity contribution >= 4 is 0 Å². The number of rotatable bonds is 6. The largest absolute Gasteiger partial charge is 0.302 e. The lowest BCUT2D eigenvalue weighted by Gasteiger charge is -2.15. The van der Waals surface area contributed by atoms with Gasteiger partial charge in [0.25, 0.3) is 5.56 Å². The minimum atomic E-state index is -0.0761. The lowest BCUT2D eigenvalue weighted by atomic mass is 10.2. The number of aromatic nitrogens is 5. The van der Waals surface area contributed by atoms with Crippen LogP contribution in [0.2, 0.25) is 0 Å². The molecule has 0 bridgehead atoms. The average Bonchev–Trinajstić information content (AvgIpc) is 3.22. The molecule has 0 amide bonds. The summed E-state index contributed by atoms with van der Waals surface area (Å²) >= 11 is 0. The van der Waals surface area contributed by atoms with E-state index in [4.69, 9.17) is 5.10 Å². The molecule has 1 saturated carbocycles. The highest BCUT2D eigenvalue weighted by Crippen LogP contribution is 2.32. The van der Waals surface area contributed by atoms with Gasteiger partial charge >= 0.3 is 0 Å². The maximum absolute atomic E-state index is 11.9. The SMILES string of the molecule is CCC(CC)n1nc(CC2CC2)nc1-c1cc(=O)n(C)cn1. The summed E-state index contributed by atoms with van der Waals surface area (Å²) in [6, 6.07) is 1.84. The number of hydrogen-bond donors (Lipinski definition) is 0. The van der Waals surface area contributed by atoms with Crippen molar-refractivity contribution in [2.45, 2.75) is 52.0 Å². The zero-order valence-corrected chi connectivity index (χ0v) is 13.5. The lowest BCUT2D eigenvalue weighted by molar-refractivity contribution is 0.428. The Labute approximate surface area is 130 Å². The first kappa shape index (κ1) is 14.9. The van der Waals surface area contributed by atoms with Gasteiger partial charge in [-0.3, -0.25) is 4.79 Å². The fourth-order valence-corrected chi connectivity index (χ4v) is 2.68. The second-order valence-corrected chi connectivity index (χ2v) is 6.14. The molecule has 1 fully saturated rings. The Hall–Kier alpha value is -1.98. The van der Waals surface area contributed by atoms with Crippen LogP contribution >= 0.6 is 0 Å². The van der Waals surface area contributed by atoms with Gasteiger partial charge in [0.05, 0.1) is 12.4 Å². The van der Waals surface area contributed by atoms with Crippen LogP contribution in [0.25, 0.3) is 11.5 Å². The predicted octanol–water partition coefficient (Wildman–Crippen LogP) is 2.35. The van der Waals surface area contributed by atoms with Gasteiger partial charge in [-0.15, -0.1) is 0 Å². The van der Waals surface area contributed by atoms with E-state index in [2.05, 4.69) is 23.8 Å². The van der Waals surface area contributed by atoms with Crippen LogP contribution in [0.15, 0.2) is 17.2 Å². The van der Waals surface area contributed by atoms with Crippen molar-refractivity contribution in [3.8, 4) is 11.5 Å². The number of hydrogen-bond acceptors (Lipinski definition) is 4. The molecule has 0 radical (unpaired) electrons. The molecule has 0 spiro atoms. The normalized spacial score (nSPS) is 14.7. The van der Waals surface area contributed by atoms with Crippen LogP contribution in [0.5, 0.6) is 0 Å². The zero-order valence-electron chi connectivity index (χ0n) is 13.5. The third kappa shape index (κ3) is 2.96. The molecule has 2 heterocycles. The van der Waals surface area contributed by atoms with Gasteiger partial charge < -0.3 is 4.57 Å². The van der Waals surface area contributed by atoms with E-state index >= 15 is 0 Å². The van der Waals surface area contributed by atoms with E-state index in [9.17, 15) is 4.79 Å². The maximum atomic E-state index is 11.9. The van der Waals surface area contributed by atoms with E-state index in [-0.39, 0.29) is 5.56 Å². The van der Waals surface area contributed by atoms with Gasteiger partial charge in [0.1, 0.15) is 5.69 Å². The van der Waals surface area contributed by atoms with E-state index in [0.717, 1.165) is 36.8 Å². The first-order chi connectivity index (χ1) is 10.6. The average molecular weight is 301 g/mol. The molecule has 3 rings (SSSR count). The smallest absolute Gasteiger partial charge is 0.253 e. The Kier molecular flexibility index (Phi) is 4.09. The molecule has 1 aliphatic rings. The van der Waals surface area contributed by atoms with Crippen LogP contribution in [-0.2, 0) is 13.5 Å². The van der Waals surface area contributed by atoms with Gasteiger partial charge in [-0.1, -0.05) is 13.8 Å². The topological polar surface area (TPSA) is 65.6 Å². The Morgan fingerprint density at radius 1 is 1.32 bits per heavy atom. The highest BCUT2D eigenvalue weighted by Gasteiger charge is 2.26. The first-order valence-corrected chi connectivity index (χ1v) is 8.10. The zero-order chi connectivity index (χ0) is 15.7. The van der Waals surface area contributed by atoms with Gasteiger partial charge in [0.15, 0.2) is 11.6 Å². The summed E-state index contributed by atoms with van der Waals surface area (Å²) in [5, 5.41) is 4.72. The van der Waals surface area contributed by atoms with Crippen molar-refractivity contribution in [3.63, 3.8) is 0 Å². The van der Waals surface area contributed by atoms with Crippen molar-refractivity contribution in [2.24, 2.45) is 13.0 Å². The second kappa shape index (κ2) is 6.02. The fourth-order valence-electron chi connectivity index (χ4n) is 2.68. The van der Waals surface area contributed by atoms with Crippen molar-refractivity contribution in [1.29, 1.82) is 0 Å². The Morgan fingerprint density at radius 3 is 2.64 bits per heavy atom. The molecule has 0 atom stereocenters. The molecular weight excluding hydrogens is 278 g/mol. The quantitative estimate of drug-likeness (QED) is 0.821. The maximum Gasteiger partial charge on any atom is 0.253 e. The molecule has 0 aromatic carbocycles. The fraction of sp³-hybridized carbons (Fsp3) is 0.625. The number of nitrogens with zero attached hydrogens (tertiary/aromatic N) is 5. The molecule has 0 N–H and O–H groups in total. The van der Waals surface area contributed by atoms with Crippen molar-refractivity contribution in [1.82, 2.24) is 24.3 Å². The summed E-state index contributed by atoms with van der Waals surface area (Å²) in [5.41, 5.74) is 0.539. The standard InChI is InChI=1S/C16H23N5O/c1-4-12(5-2)21-16(13-9-15(22)20(3)10-17-13)18-14(19-21)8-11-6-7-11/h9-12H,4-8H2,1-3H3. The molecular formula is C16H23N5O. The lowest BCUT2D eigenvalue weighted by Crippen LogP contribution is -2.17. The summed E-state index contributed by atoms with van der Waals surface area (Å²) in [7, 11) is 1.70. The number of aryl methyl sites for hydroxylation is 1. The van der Waals surface area contributed by atoms with Crippen molar-refractivity contribution in [2.75, 3.05) is 0 Å². The molecule has 2 aromatic rings. The molecule has 118 valence electrons. The van der Waals surface area contributed by atoms with Crippen LogP contribution in [0.1, 0.15) is 51.4 Å². The third-order valence-corrected chi connectivity index (χ3v) is 4.34. The van der Waals surface area contributed by atoms with E-state index < -0.39 is 0 Å². The Balaban J connectivity index is 2.04. The first-order valence-electron chi connectivity index (χ1n) is 8.10. The van der Waals surface area contributed by atoms with E-state index in [1.54, 1.807) is 19.4 Å². The highest BCUT2D eigenvalue weighted by atomic mass is 16.1. The molecule has 0 aliphatic heterocycles. The van der Waals surface area contributed by atoms with E-state index in [0.29, 0.717) is 11.7 Å². The minimum absolute atomic E-state index is 0.0761. The summed E-state index contributed by atoms with van der Waals surface area (Å²) < 4.78 is 3.44. The van der Waals surface area contributed by atoms with Gasteiger partial charge in [0, 0.05) is 19.5 Å². The summed E-state index contributed by atoms with van der Waals surface area (Å²) in [5.74, 6) is 2.34. The molecule has 6 heteroatoms. The predicted molar refractivity (Wildman–Crippen MR) is 84.5 cm³/mol. The van der Waals surface area contributed by atoms with E-state index in [1.807, 2.05) is 4.68 Å². The van der Waals surface area contributed by atoms with Crippen LogP contribution in [0.4, 0.5) is 0 Å². The summed E-state index contributed by atoms with van der Waals surface area (Å²) in [4.78, 5) is 21.0. The second-order valence-electron chi connectivity index (χ2n) is 6.14. The van der Waals surface area contributed by atoms with Gasteiger partial charge in [-0.25, -0.2) is 14.6 Å². The van der Waals surface area contributed by atoms with E-state index in [1.165, 1.54) is 17.4 Å². The molecule has 22 heavy (non-hydrogen) atoms. The van der Waals surface area contributed by atoms with Gasteiger partial charge in [-0.2, -0.15) is 5.10 Å². The van der Waals surface area contributed by atoms with Gasteiger partial charge in [-0.05, 0) is 31.6 Å². The molecule has 0 saturated heterocycles. The van der Waals surface area contributed by atoms with Crippen molar-refractivity contribution in [3.05, 3.63) is 28.6 Å². The molecule has 6 nitrogen and oxygen atoms in total. The van der Waals surface area contributed by atoms with Crippen LogP contribution in [-0.4, -0.2) is 24.3 Å². The summed E-state index contributed by atoms with van der Waals surface area (Å²) in [6.07, 6.45) is 7.01. The molecule has 0 unspecified atom stereocenters. The molecule has 2 aromatic heterocycles. The monoisotopic (exact) mass is 301 g/mol. The highest BCUT2D eigenvalue weighted by molar-refractivity contribution is 5.48. The Bertz CT molecular complexity index is 710.